The summed E-state index contributed by atoms with van der Waals surface area (Å²) in [5.41, 5.74) is 0. The quantitative estimate of drug-likeness (QED) is 0.0132. The first-order valence-electron chi connectivity index (χ1n) is 23.8. The minimum atomic E-state index is -4.94. The lowest BCUT2D eigenvalue weighted by Crippen LogP contribution is -2.30. The Balaban J connectivity index is 2.62. The maximum Gasteiger partial charge on any atom is 0.472 e. The number of esters is 2. The number of ketones is 1. The normalized spacial score (nSPS) is 20.5. The van der Waals surface area contributed by atoms with Crippen molar-refractivity contribution >= 4 is 33.4 Å². The number of rotatable bonds is 40. The van der Waals surface area contributed by atoms with E-state index in [1.165, 1.54) is 19.3 Å². The van der Waals surface area contributed by atoms with Crippen LogP contribution in [0.1, 0.15) is 142 Å². The molecule has 1 aliphatic rings. The number of hydrogen-bond acceptors (Lipinski definition) is 14. The third-order valence-corrected chi connectivity index (χ3v) is 12.0. The molecule has 67 heavy (non-hydrogen) atoms. The Morgan fingerprint density at radius 1 is 0.627 bits per heavy atom. The molecule has 7 N–H and O–H groups in total. The monoisotopic (exact) mass is 990 g/mol. The van der Waals surface area contributed by atoms with Crippen molar-refractivity contribution in [3.63, 3.8) is 0 Å². The van der Waals surface area contributed by atoms with Gasteiger partial charge in [0.05, 0.1) is 38.1 Å². The second kappa shape index (κ2) is 37.9. The molecule has 1 rings (SSSR count). The summed E-state index contributed by atoms with van der Waals surface area (Å²) < 4.78 is 47.7. The number of aliphatic hydroxyl groups excluding tert-OH is 4. The van der Waals surface area contributed by atoms with Gasteiger partial charge in [0.1, 0.15) is 18.5 Å². The fourth-order valence-electron chi connectivity index (χ4n) is 6.86. The Morgan fingerprint density at radius 3 is 1.79 bits per heavy atom. The molecule has 17 nitrogen and oxygen atoms in total. The molecule has 384 valence electrons. The van der Waals surface area contributed by atoms with Crippen LogP contribution in [0.25, 0.3) is 0 Å². The van der Waals surface area contributed by atoms with Gasteiger partial charge < -0.3 is 44.6 Å². The van der Waals surface area contributed by atoms with Crippen LogP contribution < -0.4 is 0 Å². The third-order valence-electron chi connectivity index (χ3n) is 10.6. The van der Waals surface area contributed by atoms with Crippen molar-refractivity contribution in [1.82, 2.24) is 0 Å². The van der Waals surface area contributed by atoms with Crippen molar-refractivity contribution in [2.45, 2.75) is 173 Å². The van der Waals surface area contributed by atoms with E-state index in [1.54, 1.807) is 12.2 Å². The van der Waals surface area contributed by atoms with Crippen molar-refractivity contribution in [1.29, 1.82) is 0 Å². The van der Waals surface area contributed by atoms with Gasteiger partial charge in [-0.1, -0.05) is 119 Å². The van der Waals surface area contributed by atoms with Crippen LogP contribution in [-0.2, 0) is 46.6 Å². The molecular weight excluding hydrogens is 910 g/mol. The number of ether oxygens (including phenoxy) is 2. The third kappa shape index (κ3) is 35.0. The molecule has 0 amide bonds. The summed E-state index contributed by atoms with van der Waals surface area (Å²) in [5, 5.41) is 41.2. The summed E-state index contributed by atoms with van der Waals surface area (Å²) in [6, 6.07) is 0. The largest absolute Gasteiger partial charge is 0.472 e. The lowest BCUT2D eigenvalue weighted by Gasteiger charge is -2.21. The number of phosphoric acid groups is 2. The summed E-state index contributed by atoms with van der Waals surface area (Å²) in [6.07, 6.45) is 31.1. The smallest absolute Gasteiger partial charge is 0.462 e. The first kappa shape index (κ1) is 62.1. The number of unbranched alkanes of at least 4 members (excludes halogenated alkanes) is 6. The molecule has 0 bridgehead atoms. The van der Waals surface area contributed by atoms with Gasteiger partial charge in [-0.3, -0.25) is 28.0 Å². The fraction of sp³-hybridized carbons (Fsp3) is 0.688. The van der Waals surface area contributed by atoms with E-state index in [1.807, 2.05) is 24.3 Å². The lowest BCUT2D eigenvalue weighted by molar-refractivity contribution is -0.161. The van der Waals surface area contributed by atoms with Crippen LogP contribution in [-0.4, -0.2) is 110 Å². The Bertz CT molecular complexity index is 1640. The summed E-state index contributed by atoms with van der Waals surface area (Å²) in [4.78, 5) is 65.9. The summed E-state index contributed by atoms with van der Waals surface area (Å²) >= 11 is 0. The number of hydrogen-bond donors (Lipinski definition) is 7. The van der Waals surface area contributed by atoms with E-state index >= 15 is 0 Å². The average Bonchev–Trinajstić information content (AvgIpc) is 3.54. The van der Waals surface area contributed by atoms with Gasteiger partial charge in [-0.05, 0) is 64.2 Å². The van der Waals surface area contributed by atoms with Crippen LogP contribution in [0, 0.1) is 11.8 Å². The molecule has 0 aromatic rings. The van der Waals surface area contributed by atoms with Gasteiger partial charge in [0.2, 0.25) is 0 Å². The molecule has 0 heterocycles. The predicted molar refractivity (Wildman–Crippen MR) is 255 cm³/mol. The first-order chi connectivity index (χ1) is 32.0. The Morgan fingerprint density at radius 2 is 1.18 bits per heavy atom. The van der Waals surface area contributed by atoms with Crippen LogP contribution in [0.5, 0.6) is 0 Å². The Labute approximate surface area is 397 Å². The van der Waals surface area contributed by atoms with E-state index in [0.717, 1.165) is 44.9 Å². The van der Waals surface area contributed by atoms with Crippen molar-refractivity contribution in [3.05, 3.63) is 72.9 Å². The molecule has 1 fully saturated rings. The highest BCUT2D eigenvalue weighted by Crippen LogP contribution is 2.44. The van der Waals surface area contributed by atoms with E-state index in [-0.39, 0.29) is 50.7 Å². The maximum atomic E-state index is 12.9. The molecule has 1 unspecified atom stereocenters. The number of Topliss-reactive ketones (excluding diaryl/α,β-unsaturated/α-hetero) is 1. The lowest BCUT2D eigenvalue weighted by atomic mass is 9.87. The zero-order valence-electron chi connectivity index (χ0n) is 39.5. The molecular formula is C48H80O17P2. The molecule has 0 spiro atoms. The van der Waals surface area contributed by atoms with E-state index in [2.05, 4.69) is 59.4 Å². The molecule has 0 aromatic heterocycles. The highest BCUT2D eigenvalue weighted by Gasteiger charge is 2.41. The second-order valence-electron chi connectivity index (χ2n) is 16.6. The number of phosphoric ester groups is 2. The minimum Gasteiger partial charge on any atom is -0.462 e. The SMILES string of the molecule is CCCCC/C=C\C/C=C\C/C=C\C/C=C\C/C=C\CCC(=O)OC[C@H](COP(=O)(O)OC[C@@H](O)COP(=O)(O)O)OC(=O)CCCCC(=O)C[C@@H]1[C@@H](/C=C/[C@@H](O)CCCCC)[C@H](O)C[C@@H]1O. The average molecular weight is 991 g/mol. The first-order valence-corrected chi connectivity index (χ1v) is 26.8. The Kier molecular flexibility index (Phi) is 35.2. The van der Waals surface area contributed by atoms with Gasteiger partial charge >= 0.3 is 27.6 Å². The molecule has 1 aliphatic carbocycles. The molecule has 8 atom stereocenters. The number of allylic oxidation sites excluding steroid dienone is 10. The van der Waals surface area contributed by atoms with Crippen LogP contribution in [0.15, 0.2) is 72.9 Å². The van der Waals surface area contributed by atoms with Crippen molar-refractivity contribution in [2.24, 2.45) is 11.8 Å². The Hall–Kier alpha value is -2.89. The van der Waals surface area contributed by atoms with Gasteiger partial charge in [0, 0.05) is 43.9 Å². The summed E-state index contributed by atoms with van der Waals surface area (Å²) in [7, 11) is -9.86. The van der Waals surface area contributed by atoms with Gasteiger partial charge in [0.25, 0.3) is 0 Å². The number of carbonyl (C=O) groups is 3. The molecule has 0 saturated heterocycles. The molecule has 1 saturated carbocycles. The van der Waals surface area contributed by atoms with Crippen molar-refractivity contribution in [2.75, 3.05) is 26.4 Å². The number of carbonyl (C=O) groups excluding carboxylic acids is 3. The van der Waals surface area contributed by atoms with E-state index in [0.29, 0.717) is 19.3 Å². The van der Waals surface area contributed by atoms with Crippen LogP contribution >= 0.6 is 15.6 Å². The standard InChI is InChI=1S/C48H80O17P2/c1-3-5-7-8-9-10-11-12-13-14-15-16-17-18-19-20-21-22-24-29-47(54)61-37-42(38-64-67(59,60)63-36-41(51)35-62-66(56,57)58)65-48(55)30-26-25-28-40(50)33-44-43(45(52)34-46(44)53)32-31-39(49)27-23-6-4-2/h9-10,12-13,15-16,18-19,21-22,31-32,39,41-46,49,51-53H,3-8,11,14,17,20,23-30,33-38H2,1-2H3,(H,59,60)(H2,56,57,58)/b10-9-,13-12-,16-15-,19-18-,22-21-,32-31+/t39-,41-,42+,43+,44+,45+,46-/m0/s1. The second-order valence-corrected chi connectivity index (χ2v) is 19.3. The van der Waals surface area contributed by atoms with Crippen LogP contribution in [0.3, 0.4) is 0 Å². The minimum absolute atomic E-state index is 0.00653. The molecule has 0 aromatic carbocycles. The highest BCUT2D eigenvalue weighted by atomic mass is 31.2. The van der Waals surface area contributed by atoms with Gasteiger partial charge in [-0.15, -0.1) is 0 Å². The zero-order valence-corrected chi connectivity index (χ0v) is 41.3. The van der Waals surface area contributed by atoms with Crippen molar-refractivity contribution in [3.8, 4) is 0 Å². The van der Waals surface area contributed by atoms with E-state index in [4.69, 9.17) is 23.8 Å². The van der Waals surface area contributed by atoms with Gasteiger partial charge in [0.15, 0.2) is 6.10 Å². The van der Waals surface area contributed by atoms with Crippen LogP contribution in [0.2, 0.25) is 0 Å². The fourth-order valence-corrected chi connectivity index (χ4v) is 8.01. The highest BCUT2D eigenvalue weighted by molar-refractivity contribution is 7.47. The topological polar surface area (TPSA) is 273 Å². The van der Waals surface area contributed by atoms with Gasteiger partial charge in [-0.2, -0.15) is 0 Å². The van der Waals surface area contributed by atoms with E-state index < -0.39 is 96.4 Å². The van der Waals surface area contributed by atoms with Crippen molar-refractivity contribution < 1.29 is 81.7 Å². The molecule has 0 aliphatic heterocycles. The van der Waals surface area contributed by atoms with Gasteiger partial charge in [-0.25, -0.2) is 9.13 Å². The molecule has 19 heteroatoms. The zero-order chi connectivity index (χ0) is 49.8. The summed E-state index contributed by atoms with van der Waals surface area (Å²) in [5.74, 6) is -2.61. The maximum absolute atomic E-state index is 12.9. The van der Waals surface area contributed by atoms with E-state index in [9.17, 15) is 48.8 Å². The molecule has 0 radical (unpaired) electrons. The predicted octanol–water partition coefficient (Wildman–Crippen LogP) is 8.12. The van der Waals surface area contributed by atoms with Crippen LogP contribution in [0.4, 0.5) is 0 Å². The summed E-state index contributed by atoms with van der Waals surface area (Å²) in [6.45, 7) is 1.10. The number of aliphatic hydroxyl groups is 4.